The zero-order chi connectivity index (χ0) is 18.7. The Morgan fingerprint density at radius 3 is 2.52 bits per heavy atom. The van der Waals surface area contributed by atoms with Crippen LogP contribution in [0.3, 0.4) is 0 Å². The van der Waals surface area contributed by atoms with Crippen LogP contribution in [0, 0.1) is 5.82 Å². The van der Waals surface area contributed by atoms with Gasteiger partial charge in [-0.3, -0.25) is 4.99 Å². The molecule has 4 nitrogen and oxygen atoms in total. The summed E-state index contributed by atoms with van der Waals surface area (Å²) in [6.45, 7) is 4.96. The number of hydrogen-bond acceptors (Lipinski definition) is 2. The minimum absolute atomic E-state index is 0. The van der Waals surface area contributed by atoms with E-state index in [1.54, 1.807) is 12.1 Å². The van der Waals surface area contributed by atoms with Crippen molar-refractivity contribution in [2.45, 2.75) is 69.5 Å². The van der Waals surface area contributed by atoms with E-state index in [0.717, 1.165) is 11.5 Å². The number of piperidine rings is 2. The van der Waals surface area contributed by atoms with Crippen molar-refractivity contribution in [2.75, 3.05) is 20.6 Å². The Bertz CT molecular complexity index is 635. The van der Waals surface area contributed by atoms with Gasteiger partial charge in [0.25, 0.3) is 0 Å². The molecule has 2 aliphatic rings. The SMILES string of the molecule is CN=C(NCC(C)(C)c1cccc(F)c1)NC1CC2CCCC(C1)N2C.I. The van der Waals surface area contributed by atoms with E-state index in [1.807, 2.05) is 13.1 Å². The number of fused-ring (bicyclic) bond motifs is 2. The maximum atomic E-state index is 13.6. The molecule has 2 fully saturated rings. The highest BCUT2D eigenvalue weighted by Gasteiger charge is 2.36. The van der Waals surface area contributed by atoms with Crippen molar-refractivity contribution < 1.29 is 4.39 Å². The average Bonchev–Trinajstić information content (AvgIpc) is 2.59. The van der Waals surface area contributed by atoms with Gasteiger partial charge in [0, 0.05) is 37.1 Å². The Hall–Kier alpha value is -0.890. The molecule has 3 rings (SSSR count). The van der Waals surface area contributed by atoms with E-state index in [2.05, 4.69) is 41.4 Å². The fourth-order valence-corrected chi connectivity index (χ4v) is 4.44. The molecule has 0 aromatic heterocycles. The summed E-state index contributed by atoms with van der Waals surface area (Å²) in [7, 11) is 4.10. The number of rotatable bonds is 4. The molecule has 2 bridgehead atoms. The normalized spacial score (nSPS) is 26.3. The second-order valence-electron chi connectivity index (χ2n) is 8.54. The number of nitrogens with one attached hydrogen (secondary N) is 2. The molecule has 2 aliphatic heterocycles. The van der Waals surface area contributed by atoms with E-state index in [0.29, 0.717) is 24.7 Å². The van der Waals surface area contributed by atoms with Crippen LogP contribution >= 0.6 is 24.0 Å². The molecule has 2 unspecified atom stereocenters. The molecular formula is C21H34FIN4. The van der Waals surface area contributed by atoms with Gasteiger partial charge in [0.1, 0.15) is 5.82 Å². The molecule has 27 heavy (non-hydrogen) atoms. The van der Waals surface area contributed by atoms with Crippen LogP contribution in [-0.2, 0) is 5.41 Å². The molecule has 2 N–H and O–H groups in total. The molecule has 2 saturated heterocycles. The molecule has 2 heterocycles. The highest BCUT2D eigenvalue weighted by molar-refractivity contribution is 14.0. The number of guanidine groups is 1. The third-order valence-corrected chi connectivity index (χ3v) is 6.21. The molecule has 1 aromatic rings. The molecule has 0 radical (unpaired) electrons. The largest absolute Gasteiger partial charge is 0.356 e. The van der Waals surface area contributed by atoms with E-state index in [4.69, 9.17) is 0 Å². The Morgan fingerprint density at radius 2 is 1.93 bits per heavy atom. The third kappa shape index (κ3) is 5.56. The third-order valence-electron chi connectivity index (χ3n) is 6.21. The number of aliphatic imine (C=N–C) groups is 1. The summed E-state index contributed by atoms with van der Waals surface area (Å²) in [5.41, 5.74) is 0.817. The van der Waals surface area contributed by atoms with Gasteiger partial charge in [0.15, 0.2) is 5.96 Å². The summed E-state index contributed by atoms with van der Waals surface area (Å²) in [6, 6.07) is 8.74. The van der Waals surface area contributed by atoms with E-state index in [-0.39, 0.29) is 35.2 Å². The van der Waals surface area contributed by atoms with E-state index >= 15 is 0 Å². The van der Waals surface area contributed by atoms with Crippen LogP contribution in [0.1, 0.15) is 51.5 Å². The Kier molecular flexibility index (Phi) is 7.92. The van der Waals surface area contributed by atoms with Crippen LogP contribution in [0.2, 0.25) is 0 Å². The predicted molar refractivity (Wildman–Crippen MR) is 122 cm³/mol. The second-order valence-corrected chi connectivity index (χ2v) is 8.54. The molecule has 0 spiro atoms. The lowest BCUT2D eigenvalue weighted by Gasteiger charge is -2.47. The van der Waals surface area contributed by atoms with Crippen LogP contribution in [-0.4, -0.2) is 49.6 Å². The van der Waals surface area contributed by atoms with Crippen LogP contribution in [0.25, 0.3) is 0 Å². The fourth-order valence-electron chi connectivity index (χ4n) is 4.44. The first-order valence-electron chi connectivity index (χ1n) is 9.84. The smallest absolute Gasteiger partial charge is 0.191 e. The van der Waals surface area contributed by atoms with Crippen LogP contribution in [0.15, 0.2) is 29.3 Å². The summed E-state index contributed by atoms with van der Waals surface area (Å²) in [4.78, 5) is 6.99. The molecule has 1 aromatic carbocycles. The number of nitrogens with zero attached hydrogens (tertiary/aromatic N) is 2. The molecule has 0 aliphatic carbocycles. The topological polar surface area (TPSA) is 39.7 Å². The monoisotopic (exact) mass is 488 g/mol. The maximum Gasteiger partial charge on any atom is 0.191 e. The van der Waals surface area contributed by atoms with Crippen LogP contribution in [0.5, 0.6) is 0 Å². The van der Waals surface area contributed by atoms with Gasteiger partial charge in [-0.2, -0.15) is 0 Å². The lowest BCUT2D eigenvalue weighted by atomic mass is 9.82. The maximum absolute atomic E-state index is 13.6. The first-order valence-corrected chi connectivity index (χ1v) is 9.84. The van der Waals surface area contributed by atoms with E-state index in [1.165, 1.54) is 38.2 Å². The Morgan fingerprint density at radius 1 is 1.26 bits per heavy atom. The summed E-state index contributed by atoms with van der Waals surface area (Å²) >= 11 is 0. The standard InChI is InChI=1S/C21H33FN4.HI/c1-21(2,15-7-5-8-16(22)11-15)14-24-20(23-3)25-17-12-18-9-6-10-19(13-17)26(18)4;/h5,7-8,11,17-19H,6,9-10,12-14H2,1-4H3,(H2,23,24,25);1H. The van der Waals surface area contributed by atoms with Crippen LogP contribution < -0.4 is 10.6 Å². The van der Waals surface area contributed by atoms with Crippen LogP contribution in [0.4, 0.5) is 4.39 Å². The Balaban J connectivity index is 0.00000261. The van der Waals surface area contributed by atoms with Gasteiger partial charge in [0.05, 0.1) is 0 Å². The van der Waals surface area contributed by atoms with Crippen molar-refractivity contribution in [3.63, 3.8) is 0 Å². The van der Waals surface area contributed by atoms with Crippen molar-refractivity contribution in [3.8, 4) is 0 Å². The fraction of sp³-hybridized carbons (Fsp3) is 0.667. The van der Waals surface area contributed by atoms with Gasteiger partial charge in [0.2, 0.25) is 0 Å². The highest BCUT2D eigenvalue weighted by Crippen LogP contribution is 2.32. The summed E-state index contributed by atoms with van der Waals surface area (Å²) in [5.74, 6) is 0.665. The number of halogens is 2. The second kappa shape index (κ2) is 9.54. The van der Waals surface area contributed by atoms with E-state index in [9.17, 15) is 4.39 Å². The highest BCUT2D eigenvalue weighted by atomic mass is 127. The summed E-state index contributed by atoms with van der Waals surface area (Å²) in [6.07, 6.45) is 6.34. The summed E-state index contributed by atoms with van der Waals surface area (Å²) in [5, 5.41) is 7.08. The molecule has 6 heteroatoms. The first-order chi connectivity index (χ1) is 12.4. The zero-order valence-corrected chi connectivity index (χ0v) is 19.3. The molecule has 0 saturated carbocycles. The summed E-state index contributed by atoms with van der Waals surface area (Å²) < 4.78 is 13.6. The lowest BCUT2D eigenvalue weighted by Crippen LogP contribution is -2.57. The molecule has 152 valence electrons. The van der Waals surface area contributed by atoms with Gasteiger partial charge in [-0.15, -0.1) is 24.0 Å². The molecule has 2 atom stereocenters. The van der Waals surface area contributed by atoms with Gasteiger partial charge < -0.3 is 15.5 Å². The quantitative estimate of drug-likeness (QED) is 0.384. The van der Waals surface area contributed by atoms with Gasteiger partial charge >= 0.3 is 0 Å². The van der Waals surface area contributed by atoms with Crippen molar-refractivity contribution in [2.24, 2.45) is 4.99 Å². The van der Waals surface area contributed by atoms with Crippen molar-refractivity contribution in [3.05, 3.63) is 35.6 Å². The van der Waals surface area contributed by atoms with Gasteiger partial charge in [-0.25, -0.2) is 4.39 Å². The minimum Gasteiger partial charge on any atom is -0.356 e. The minimum atomic E-state index is -0.184. The van der Waals surface area contributed by atoms with Gasteiger partial charge in [-0.1, -0.05) is 32.4 Å². The van der Waals surface area contributed by atoms with Crippen molar-refractivity contribution >= 4 is 29.9 Å². The first kappa shape index (κ1) is 22.4. The lowest BCUT2D eigenvalue weighted by molar-refractivity contribution is 0.0526. The zero-order valence-electron chi connectivity index (χ0n) is 17.0. The molecule has 0 amide bonds. The van der Waals surface area contributed by atoms with Crippen molar-refractivity contribution in [1.82, 2.24) is 15.5 Å². The predicted octanol–water partition coefficient (Wildman–Crippen LogP) is 3.90. The van der Waals surface area contributed by atoms with Gasteiger partial charge in [-0.05, 0) is 50.4 Å². The molecular weight excluding hydrogens is 454 g/mol. The van der Waals surface area contributed by atoms with E-state index < -0.39 is 0 Å². The number of benzene rings is 1. The van der Waals surface area contributed by atoms with Crippen molar-refractivity contribution in [1.29, 1.82) is 0 Å². The number of hydrogen-bond donors (Lipinski definition) is 2. The Labute approximate surface area is 180 Å². The average molecular weight is 488 g/mol.